The number of carbonyl (C=O) groups excluding carboxylic acids is 1. The molecule has 0 saturated heterocycles. The van der Waals surface area contributed by atoms with Gasteiger partial charge in [-0.25, -0.2) is 4.39 Å². The third kappa shape index (κ3) is 3.22. The minimum Gasteiger partial charge on any atom is -0.352 e. The second-order valence-corrected chi connectivity index (χ2v) is 4.14. The van der Waals surface area contributed by atoms with E-state index in [0.29, 0.717) is 18.7 Å². The fourth-order valence-electron chi connectivity index (χ4n) is 1.24. The lowest BCUT2D eigenvalue weighted by Gasteiger charge is -2.08. The number of benzene rings is 1. The van der Waals surface area contributed by atoms with E-state index in [1.807, 2.05) is 13.8 Å². The molecule has 18 heavy (non-hydrogen) atoms. The highest BCUT2D eigenvalue weighted by molar-refractivity contribution is 5.94. The Hall–Kier alpha value is -2.05. The van der Waals surface area contributed by atoms with Crippen molar-refractivity contribution < 1.29 is 18.5 Å². The third-order valence-electron chi connectivity index (χ3n) is 2.15. The van der Waals surface area contributed by atoms with Crippen molar-refractivity contribution >= 4 is 11.6 Å². The highest BCUT2D eigenvalue weighted by atomic mass is 19.1. The molecule has 0 bridgehead atoms. The Labute approximate surface area is 102 Å². The van der Waals surface area contributed by atoms with Gasteiger partial charge in [0, 0.05) is 6.54 Å². The Bertz CT molecular complexity index is 489. The normalized spacial score (nSPS) is 10.5. The summed E-state index contributed by atoms with van der Waals surface area (Å²) in [5.41, 5.74) is -1.54. The second-order valence-electron chi connectivity index (χ2n) is 4.14. The number of hydrogen-bond donors (Lipinski definition) is 1. The first-order valence-electron chi connectivity index (χ1n) is 5.24. The van der Waals surface area contributed by atoms with Gasteiger partial charge in [-0.3, -0.25) is 14.9 Å². The van der Waals surface area contributed by atoms with Crippen molar-refractivity contribution in [2.45, 2.75) is 13.8 Å². The number of nitrogens with zero attached hydrogens (tertiary/aromatic N) is 1. The average molecular weight is 258 g/mol. The number of rotatable bonds is 4. The van der Waals surface area contributed by atoms with Crippen molar-refractivity contribution in [3.63, 3.8) is 0 Å². The summed E-state index contributed by atoms with van der Waals surface area (Å²) in [6.45, 7) is 3.98. The van der Waals surface area contributed by atoms with E-state index in [1.54, 1.807) is 0 Å². The predicted octanol–water partition coefficient (Wildman–Crippen LogP) is 2.26. The molecule has 1 aromatic rings. The molecule has 0 spiro atoms. The van der Waals surface area contributed by atoms with Gasteiger partial charge in [0.05, 0.1) is 16.6 Å². The molecule has 0 radical (unpaired) electrons. The first kappa shape index (κ1) is 14.0. The predicted molar refractivity (Wildman–Crippen MR) is 60.2 cm³/mol. The van der Waals surface area contributed by atoms with Gasteiger partial charge in [0.25, 0.3) is 5.91 Å². The number of carbonyl (C=O) groups is 1. The fraction of sp³-hybridized carbons (Fsp3) is 0.364. The van der Waals surface area contributed by atoms with Crippen LogP contribution in [0.5, 0.6) is 0 Å². The van der Waals surface area contributed by atoms with E-state index in [1.165, 1.54) is 0 Å². The van der Waals surface area contributed by atoms with E-state index in [2.05, 4.69) is 5.32 Å². The van der Waals surface area contributed by atoms with Crippen molar-refractivity contribution in [3.05, 3.63) is 39.4 Å². The Morgan fingerprint density at radius 1 is 1.39 bits per heavy atom. The van der Waals surface area contributed by atoms with Crippen molar-refractivity contribution in [1.29, 1.82) is 0 Å². The molecular weight excluding hydrogens is 246 g/mol. The molecule has 0 aliphatic rings. The van der Waals surface area contributed by atoms with Crippen molar-refractivity contribution in [2.75, 3.05) is 6.54 Å². The van der Waals surface area contributed by atoms with Crippen LogP contribution in [-0.4, -0.2) is 17.4 Å². The molecule has 0 atom stereocenters. The standard InChI is InChI=1S/C11H12F2N2O3/c1-6(2)5-14-11(16)7-3-9(13)10(15(17)18)4-8(7)12/h3-4,6H,5H2,1-2H3,(H,14,16). The van der Waals surface area contributed by atoms with E-state index < -0.39 is 33.7 Å². The maximum Gasteiger partial charge on any atom is 0.307 e. The van der Waals surface area contributed by atoms with E-state index in [0.717, 1.165) is 0 Å². The zero-order valence-corrected chi connectivity index (χ0v) is 9.87. The van der Waals surface area contributed by atoms with Gasteiger partial charge >= 0.3 is 5.69 Å². The van der Waals surface area contributed by atoms with Crippen LogP contribution in [-0.2, 0) is 0 Å². The minimum absolute atomic E-state index is 0.153. The van der Waals surface area contributed by atoms with Gasteiger partial charge in [-0.2, -0.15) is 4.39 Å². The van der Waals surface area contributed by atoms with Crippen LogP contribution < -0.4 is 5.32 Å². The topological polar surface area (TPSA) is 72.2 Å². The van der Waals surface area contributed by atoms with Crippen LogP contribution in [0.2, 0.25) is 0 Å². The van der Waals surface area contributed by atoms with Crippen LogP contribution in [0.4, 0.5) is 14.5 Å². The lowest BCUT2D eigenvalue weighted by molar-refractivity contribution is -0.387. The SMILES string of the molecule is CC(C)CNC(=O)c1cc(F)c([N+](=O)[O-])cc1F. The third-order valence-corrected chi connectivity index (χ3v) is 2.15. The van der Waals surface area contributed by atoms with Gasteiger partial charge in [0.15, 0.2) is 0 Å². The first-order valence-corrected chi connectivity index (χ1v) is 5.24. The maximum absolute atomic E-state index is 13.4. The number of nitro benzene ring substituents is 1. The molecule has 0 fully saturated rings. The molecule has 0 aliphatic heterocycles. The second kappa shape index (κ2) is 5.52. The van der Waals surface area contributed by atoms with Gasteiger partial charge < -0.3 is 5.32 Å². The summed E-state index contributed by atoms with van der Waals surface area (Å²) >= 11 is 0. The number of amides is 1. The summed E-state index contributed by atoms with van der Waals surface area (Å²) in [4.78, 5) is 20.8. The highest BCUT2D eigenvalue weighted by Gasteiger charge is 2.21. The molecule has 7 heteroatoms. The Kier molecular flexibility index (Phi) is 4.30. The molecule has 0 heterocycles. The molecule has 0 aromatic heterocycles. The summed E-state index contributed by atoms with van der Waals surface area (Å²) in [6.07, 6.45) is 0. The lowest BCUT2D eigenvalue weighted by atomic mass is 10.1. The molecule has 1 rings (SSSR count). The van der Waals surface area contributed by atoms with E-state index in [4.69, 9.17) is 0 Å². The Balaban J connectivity index is 3.01. The molecular formula is C11H12F2N2O3. The van der Waals surface area contributed by atoms with Crippen molar-refractivity contribution in [3.8, 4) is 0 Å². The van der Waals surface area contributed by atoms with Crippen molar-refractivity contribution in [2.24, 2.45) is 5.92 Å². The molecule has 0 aliphatic carbocycles. The molecule has 1 aromatic carbocycles. The zero-order valence-electron chi connectivity index (χ0n) is 9.87. The van der Waals surface area contributed by atoms with Crippen LogP contribution >= 0.6 is 0 Å². The van der Waals surface area contributed by atoms with Crippen LogP contribution in [0.15, 0.2) is 12.1 Å². The number of nitro groups is 1. The van der Waals surface area contributed by atoms with Crippen LogP contribution in [0.25, 0.3) is 0 Å². The monoisotopic (exact) mass is 258 g/mol. The molecule has 1 amide bonds. The van der Waals surface area contributed by atoms with E-state index in [9.17, 15) is 23.7 Å². The van der Waals surface area contributed by atoms with Gasteiger partial charge in [0.2, 0.25) is 5.82 Å². The number of hydrogen-bond acceptors (Lipinski definition) is 3. The first-order chi connectivity index (χ1) is 8.32. The van der Waals surface area contributed by atoms with E-state index in [-0.39, 0.29) is 5.92 Å². The summed E-state index contributed by atoms with van der Waals surface area (Å²) < 4.78 is 26.7. The molecule has 98 valence electrons. The fourth-order valence-corrected chi connectivity index (χ4v) is 1.24. The van der Waals surface area contributed by atoms with Crippen LogP contribution in [0.3, 0.4) is 0 Å². The molecule has 5 nitrogen and oxygen atoms in total. The number of halogens is 2. The maximum atomic E-state index is 13.4. The molecule has 0 unspecified atom stereocenters. The number of nitrogens with one attached hydrogen (secondary N) is 1. The summed E-state index contributed by atoms with van der Waals surface area (Å²) in [6, 6.07) is 0.933. The lowest BCUT2D eigenvalue weighted by Crippen LogP contribution is -2.28. The average Bonchev–Trinajstić information content (AvgIpc) is 2.28. The summed E-state index contributed by atoms with van der Waals surface area (Å²) in [5.74, 6) is -3.00. The molecule has 0 saturated carbocycles. The zero-order chi connectivity index (χ0) is 13.9. The quantitative estimate of drug-likeness (QED) is 0.665. The smallest absolute Gasteiger partial charge is 0.307 e. The largest absolute Gasteiger partial charge is 0.352 e. The van der Waals surface area contributed by atoms with Gasteiger partial charge in [0.1, 0.15) is 5.82 Å². The van der Waals surface area contributed by atoms with Crippen LogP contribution in [0, 0.1) is 27.7 Å². The summed E-state index contributed by atoms with van der Waals surface area (Å²) in [5, 5.41) is 12.8. The van der Waals surface area contributed by atoms with Gasteiger partial charge in [-0.05, 0) is 12.0 Å². The molecule has 1 N–H and O–H groups in total. The van der Waals surface area contributed by atoms with Crippen molar-refractivity contribution in [1.82, 2.24) is 5.32 Å². The van der Waals surface area contributed by atoms with E-state index >= 15 is 0 Å². The van der Waals surface area contributed by atoms with Gasteiger partial charge in [-0.1, -0.05) is 13.8 Å². The highest BCUT2D eigenvalue weighted by Crippen LogP contribution is 2.21. The van der Waals surface area contributed by atoms with Crippen LogP contribution in [0.1, 0.15) is 24.2 Å². The Morgan fingerprint density at radius 3 is 2.50 bits per heavy atom. The van der Waals surface area contributed by atoms with Gasteiger partial charge in [-0.15, -0.1) is 0 Å². The minimum atomic E-state index is -1.24. The Morgan fingerprint density at radius 2 is 2.00 bits per heavy atom. The summed E-state index contributed by atoms with van der Waals surface area (Å²) in [7, 11) is 0.